The van der Waals surface area contributed by atoms with E-state index in [1.165, 1.54) is 12.8 Å². The molecule has 0 spiro atoms. The average Bonchev–Trinajstić information content (AvgIpc) is 2.67. The van der Waals surface area contributed by atoms with Gasteiger partial charge in [-0.2, -0.15) is 5.26 Å². The minimum atomic E-state index is 0.0292. The van der Waals surface area contributed by atoms with Crippen molar-refractivity contribution < 1.29 is 0 Å². The van der Waals surface area contributed by atoms with E-state index in [1.807, 2.05) is 6.92 Å². The van der Waals surface area contributed by atoms with Crippen molar-refractivity contribution in [2.75, 3.05) is 0 Å². The van der Waals surface area contributed by atoms with Gasteiger partial charge in [0.25, 0.3) is 0 Å². The summed E-state index contributed by atoms with van der Waals surface area (Å²) in [7, 11) is 0. The van der Waals surface area contributed by atoms with Crippen molar-refractivity contribution in [1.82, 2.24) is 5.32 Å². The van der Waals surface area contributed by atoms with Crippen LogP contribution in [0.25, 0.3) is 0 Å². The number of nitrogens with one attached hydrogen (secondary N) is 1. The third-order valence-electron chi connectivity index (χ3n) is 2.10. The molecule has 0 heterocycles. The highest BCUT2D eigenvalue weighted by atomic mass is 15.0. The lowest BCUT2D eigenvalue weighted by molar-refractivity contribution is 0.590. The van der Waals surface area contributed by atoms with E-state index in [0.717, 1.165) is 5.92 Å². The van der Waals surface area contributed by atoms with E-state index >= 15 is 0 Å². The van der Waals surface area contributed by atoms with Crippen LogP contribution in [0.4, 0.5) is 0 Å². The molecule has 0 aromatic carbocycles. The van der Waals surface area contributed by atoms with Gasteiger partial charge in [0.1, 0.15) is 0 Å². The Bertz CT molecular complexity index is 148. The van der Waals surface area contributed by atoms with Crippen LogP contribution in [0.15, 0.2) is 0 Å². The maximum atomic E-state index is 8.46. The fourth-order valence-corrected chi connectivity index (χ4v) is 1.26. The third-order valence-corrected chi connectivity index (χ3v) is 2.10. The SMILES string of the molecule is CCC1CC1NC(C)C#N. The van der Waals surface area contributed by atoms with E-state index in [4.69, 9.17) is 5.26 Å². The van der Waals surface area contributed by atoms with Gasteiger partial charge in [-0.3, -0.25) is 5.32 Å². The summed E-state index contributed by atoms with van der Waals surface area (Å²) >= 11 is 0. The number of nitriles is 1. The number of nitrogens with zero attached hydrogens (tertiary/aromatic N) is 1. The molecule has 56 valence electrons. The topological polar surface area (TPSA) is 35.8 Å². The van der Waals surface area contributed by atoms with E-state index in [2.05, 4.69) is 18.3 Å². The van der Waals surface area contributed by atoms with Gasteiger partial charge >= 0.3 is 0 Å². The van der Waals surface area contributed by atoms with Crippen molar-refractivity contribution in [1.29, 1.82) is 5.26 Å². The van der Waals surface area contributed by atoms with Gasteiger partial charge in [-0.25, -0.2) is 0 Å². The molecule has 1 aliphatic rings. The molecule has 0 saturated heterocycles. The van der Waals surface area contributed by atoms with E-state index in [0.29, 0.717) is 6.04 Å². The molecule has 0 radical (unpaired) electrons. The zero-order valence-electron chi connectivity index (χ0n) is 6.59. The highest BCUT2D eigenvalue weighted by molar-refractivity contribution is 4.98. The van der Waals surface area contributed by atoms with Crippen LogP contribution in [-0.2, 0) is 0 Å². The second kappa shape index (κ2) is 3.03. The van der Waals surface area contributed by atoms with Gasteiger partial charge in [0.15, 0.2) is 0 Å². The van der Waals surface area contributed by atoms with Crippen molar-refractivity contribution in [2.24, 2.45) is 5.92 Å². The van der Waals surface area contributed by atoms with Gasteiger partial charge in [-0.1, -0.05) is 13.3 Å². The summed E-state index contributed by atoms with van der Waals surface area (Å²) in [5, 5.41) is 11.7. The van der Waals surface area contributed by atoms with Gasteiger partial charge in [0.2, 0.25) is 0 Å². The lowest BCUT2D eigenvalue weighted by atomic mass is 10.3. The van der Waals surface area contributed by atoms with Crippen LogP contribution in [0, 0.1) is 17.2 Å². The lowest BCUT2D eigenvalue weighted by Crippen LogP contribution is -2.27. The van der Waals surface area contributed by atoms with Gasteiger partial charge < -0.3 is 0 Å². The van der Waals surface area contributed by atoms with E-state index in [9.17, 15) is 0 Å². The lowest BCUT2D eigenvalue weighted by Gasteiger charge is -2.02. The summed E-state index contributed by atoms with van der Waals surface area (Å²) in [6, 6.07) is 2.84. The minimum Gasteiger partial charge on any atom is -0.299 e. The molecule has 0 aromatic rings. The maximum absolute atomic E-state index is 8.46. The summed E-state index contributed by atoms with van der Waals surface area (Å²) in [6.45, 7) is 4.11. The molecule has 1 rings (SSSR count). The second-order valence-corrected chi connectivity index (χ2v) is 3.03. The molecule has 1 fully saturated rings. The van der Waals surface area contributed by atoms with Gasteiger partial charge in [0, 0.05) is 6.04 Å². The third kappa shape index (κ3) is 1.71. The van der Waals surface area contributed by atoms with Gasteiger partial charge in [-0.05, 0) is 19.3 Å². The number of hydrogen-bond acceptors (Lipinski definition) is 2. The van der Waals surface area contributed by atoms with Crippen molar-refractivity contribution in [3.63, 3.8) is 0 Å². The summed E-state index contributed by atoms with van der Waals surface area (Å²) in [6.07, 6.45) is 2.51. The highest BCUT2D eigenvalue weighted by Crippen LogP contribution is 2.33. The molecule has 0 bridgehead atoms. The monoisotopic (exact) mass is 138 g/mol. The molecule has 1 saturated carbocycles. The van der Waals surface area contributed by atoms with Crippen LogP contribution >= 0.6 is 0 Å². The number of hydrogen-bond donors (Lipinski definition) is 1. The Balaban J connectivity index is 2.13. The van der Waals surface area contributed by atoms with Crippen LogP contribution in [0.3, 0.4) is 0 Å². The van der Waals surface area contributed by atoms with Crippen LogP contribution < -0.4 is 5.32 Å². The van der Waals surface area contributed by atoms with Crippen molar-refractivity contribution in [2.45, 2.75) is 38.8 Å². The smallest absolute Gasteiger partial charge is 0.0926 e. The first kappa shape index (κ1) is 7.56. The molecule has 0 aromatic heterocycles. The average molecular weight is 138 g/mol. The Morgan fingerprint density at radius 2 is 2.50 bits per heavy atom. The zero-order chi connectivity index (χ0) is 7.56. The summed E-state index contributed by atoms with van der Waals surface area (Å²) in [5.74, 6) is 0.843. The molecule has 10 heavy (non-hydrogen) atoms. The van der Waals surface area contributed by atoms with Crippen LogP contribution in [0.1, 0.15) is 26.7 Å². The standard InChI is InChI=1S/C8H14N2/c1-3-7-4-8(7)10-6(2)5-9/h6-8,10H,3-4H2,1-2H3. The first-order valence-corrected chi connectivity index (χ1v) is 3.93. The molecule has 0 aliphatic heterocycles. The zero-order valence-corrected chi connectivity index (χ0v) is 6.59. The predicted molar refractivity (Wildman–Crippen MR) is 40.4 cm³/mol. The summed E-state index contributed by atoms with van der Waals surface area (Å²) in [5.41, 5.74) is 0. The molecule has 2 heteroatoms. The molecule has 0 amide bonds. The highest BCUT2D eigenvalue weighted by Gasteiger charge is 2.35. The Labute approximate surface area is 62.2 Å². The molecular formula is C8H14N2. The Morgan fingerprint density at radius 3 is 2.90 bits per heavy atom. The van der Waals surface area contributed by atoms with E-state index < -0.39 is 0 Å². The summed E-state index contributed by atoms with van der Waals surface area (Å²) in [4.78, 5) is 0. The molecule has 3 atom stereocenters. The fourth-order valence-electron chi connectivity index (χ4n) is 1.26. The second-order valence-electron chi connectivity index (χ2n) is 3.03. The maximum Gasteiger partial charge on any atom is 0.0926 e. The quantitative estimate of drug-likeness (QED) is 0.637. The fraction of sp³-hybridized carbons (Fsp3) is 0.875. The molecular weight excluding hydrogens is 124 g/mol. The normalized spacial score (nSPS) is 32.9. The Kier molecular flexibility index (Phi) is 2.29. The Hall–Kier alpha value is -0.550. The van der Waals surface area contributed by atoms with Crippen molar-refractivity contribution in [3.8, 4) is 6.07 Å². The molecule has 1 N–H and O–H groups in total. The first-order valence-electron chi connectivity index (χ1n) is 3.93. The van der Waals surface area contributed by atoms with Crippen LogP contribution in [0.5, 0.6) is 0 Å². The molecule has 3 unspecified atom stereocenters. The van der Waals surface area contributed by atoms with Gasteiger partial charge in [-0.15, -0.1) is 0 Å². The van der Waals surface area contributed by atoms with Crippen molar-refractivity contribution in [3.05, 3.63) is 0 Å². The van der Waals surface area contributed by atoms with Gasteiger partial charge in [0.05, 0.1) is 12.1 Å². The minimum absolute atomic E-state index is 0.0292. The summed E-state index contributed by atoms with van der Waals surface area (Å²) < 4.78 is 0. The predicted octanol–water partition coefficient (Wildman–Crippen LogP) is 1.29. The van der Waals surface area contributed by atoms with E-state index in [1.54, 1.807) is 0 Å². The Morgan fingerprint density at radius 1 is 1.80 bits per heavy atom. The van der Waals surface area contributed by atoms with Crippen molar-refractivity contribution >= 4 is 0 Å². The largest absolute Gasteiger partial charge is 0.299 e. The molecule has 1 aliphatic carbocycles. The van der Waals surface area contributed by atoms with Crippen LogP contribution in [-0.4, -0.2) is 12.1 Å². The van der Waals surface area contributed by atoms with E-state index in [-0.39, 0.29) is 6.04 Å². The van der Waals surface area contributed by atoms with Crippen LogP contribution in [0.2, 0.25) is 0 Å². The molecule has 2 nitrogen and oxygen atoms in total. The number of rotatable bonds is 3. The first-order chi connectivity index (χ1) is 4.77.